The van der Waals surface area contributed by atoms with Crippen LogP contribution in [0.15, 0.2) is 30.3 Å². The Morgan fingerprint density at radius 2 is 2.00 bits per heavy atom. The number of nitrogens with one attached hydrogen (secondary N) is 2. The maximum Gasteiger partial charge on any atom is 0.220 e. The van der Waals surface area contributed by atoms with Crippen molar-refractivity contribution in [1.29, 1.82) is 0 Å². The normalized spacial score (nSPS) is 17.6. The van der Waals surface area contributed by atoms with Gasteiger partial charge in [-0.15, -0.1) is 0 Å². The SMILES string of the molecule is CCCC(NC(=O)CC1CCNCC1)c1ccccc1. The van der Waals surface area contributed by atoms with E-state index in [1.807, 2.05) is 18.2 Å². The monoisotopic (exact) mass is 274 g/mol. The third-order valence-electron chi connectivity index (χ3n) is 4.05. The largest absolute Gasteiger partial charge is 0.349 e. The minimum atomic E-state index is 0.162. The summed E-state index contributed by atoms with van der Waals surface area (Å²) in [7, 11) is 0. The number of amides is 1. The molecule has 1 heterocycles. The fraction of sp³-hybridized carbons (Fsp3) is 0.588. The maximum atomic E-state index is 12.2. The molecule has 0 bridgehead atoms. The Morgan fingerprint density at radius 1 is 1.30 bits per heavy atom. The molecule has 1 unspecified atom stereocenters. The molecule has 0 spiro atoms. The number of piperidine rings is 1. The van der Waals surface area contributed by atoms with Gasteiger partial charge in [-0.3, -0.25) is 4.79 Å². The highest BCUT2D eigenvalue weighted by Gasteiger charge is 2.19. The highest BCUT2D eigenvalue weighted by molar-refractivity contribution is 5.76. The minimum absolute atomic E-state index is 0.162. The van der Waals surface area contributed by atoms with Crippen LogP contribution in [0.3, 0.4) is 0 Å². The molecular formula is C17H26N2O. The zero-order chi connectivity index (χ0) is 14.2. The van der Waals surface area contributed by atoms with Gasteiger partial charge >= 0.3 is 0 Å². The van der Waals surface area contributed by atoms with Gasteiger partial charge in [-0.05, 0) is 43.8 Å². The quantitative estimate of drug-likeness (QED) is 0.837. The van der Waals surface area contributed by atoms with Crippen molar-refractivity contribution in [1.82, 2.24) is 10.6 Å². The molecule has 0 aromatic heterocycles. The van der Waals surface area contributed by atoms with E-state index in [4.69, 9.17) is 0 Å². The summed E-state index contributed by atoms with van der Waals surface area (Å²) in [4.78, 5) is 12.2. The summed E-state index contributed by atoms with van der Waals surface area (Å²) >= 11 is 0. The number of hydrogen-bond acceptors (Lipinski definition) is 2. The minimum Gasteiger partial charge on any atom is -0.349 e. The average molecular weight is 274 g/mol. The van der Waals surface area contributed by atoms with Crippen molar-refractivity contribution >= 4 is 5.91 Å². The second-order valence-corrected chi connectivity index (χ2v) is 5.72. The molecule has 110 valence electrons. The predicted molar refractivity (Wildman–Crippen MR) is 82.4 cm³/mol. The molecule has 1 fully saturated rings. The van der Waals surface area contributed by atoms with Crippen molar-refractivity contribution in [3.05, 3.63) is 35.9 Å². The first-order valence-corrected chi connectivity index (χ1v) is 7.84. The second kappa shape index (κ2) is 8.05. The smallest absolute Gasteiger partial charge is 0.220 e. The average Bonchev–Trinajstić information content (AvgIpc) is 2.49. The molecule has 2 rings (SSSR count). The van der Waals surface area contributed by atoms with Crippen LogP contribution in [0, 0.1) is 5.92 Å². The van der Waals surface area contributed by atoms with Gasteiger partial charge in [0.05, 0.1) is 6.04 Å². The van der Waals surface area contributed by atoms with Crippen molar-refractivity contribution in [2.45, 2.75) is 45.1 Å². The van der Waals surface area contributed by atoms with E-state index in [0.29, 0.717) is 12.3 Å². The molecule has 3 heteroatoms. The van der Waals surface area contributed by atoms with Gasteiger partial charge in [0.2, 0.25) is 5.91 Å². The molecule has 0 radical (unpaired) electrons. The van der Waals surface area contributed by atoms with Crippen LogP contribution in [0.4, 0.5) is 0 Å². The van der Waals surface area contributed by atoms with E-state index in [0.717, 1.165) is 38.8 Å². The molecule has 1 aliphatic heterocycles. The molecule has 1 atom stereocenters. The fourth-order valence-electron chi connectivity index (χ4n) is 2.90. The van der Waals surface area contributed by atoms with E-state index in [1.165, 1.54) is 5.56 Å². The lowest BCUT2D eigenvalue weighted by atomic mass is 9.94. The Bertz CT molecular complexity index is 399. The Balaban J connectivity index is 1.88. The molecule has 1 amide bonds. The summed E-state index contributed by atoms with van der Waals surface area (Å²) in [6.45, 7) is 4.26. The van der Waals surface area contributed by atoms with E-state index < -0.39 is 0 Å². The van der Waals surface area contributed by atoms with Gasteiger partial charge in [0.25, 0.3) is 0 Å². The molecule has 1 aromatic rings. The van der Waals surface area contributed by atoms with Crippen molar-refractivity contribution in [3.63, 3.8) is 0 Å². The van der Waals surface area contributed by atoms with E-state index in [2.05, 4.69) is 29.7 Å². The highest BCUT2D eigenvalue weighted by atomic mass is 16.1. The molecular weight excluding hydrogens is 248 g/mol. The Labute approximate surface area is 122 Å². The number of carbonyl (C=O) groups excluding carboxylic acids is 1. The van der Waals surface area contributed by atoms with Crippen molar-refractivity contribution in [2.24, 2.45) is 5.92 Å². The lowest BCUT2D eigenvalue weighted by Gasteiger charge is -2.24. The lowest BCUT2D eigenvalue weighted by Crippen LogP contribution is -2.34. The van der Waals surface area contributed by atoms with Crippen LogP contribution in [-0.2, 0) is 4.79 Å². The van der Waals surface area contributed by atoms with Gasteiger partial charge in [0, 0.05) is 6.42 Å². The Hall–Kier alpha value is -1.35. The van der Waals surface area contributed by atoms with Crippen LogP contribution >= 0.6 is 0 Å². The summed E-state index contributed by atoms with van der Waals surface area (Å²) in [5.74, 6) is 0.758. The van der Waals surface area contributed by atoms with Crippen LogP contribution in [0.5, 0.6) is 0 Å². The van der Waals surface area contributed by atoms with Gasteiger partial charge in [-0.2, -0.15) is 0 Å². The third kappa shape index (κ3) is 4.64. The van der Waals surface area contributed by atoms with E-state index in [9.17, 15) is 4.79 Å². The zero-order valence-electron chi connectivity index (χ0n) is 12.4. The summed E-state index contributed by atoms with van der Waals surface area (Å²) in [6.07, 6.45) is 5.00. The molecule has 20 heavy (non-hydrogen) atoms. The summed E-state index contributed by atoms with van der Waals surface area (Å²) in [5, 5.41) is 6.57. The van der Waals surface area contributed by atoms with Gasteiger partial charge < -0.3 is 10.6 Å². The first-order valence-electron chi connectivity index (χ1n) is 7.84. The van der Waals surface area contributed by atoms with E-state index >= 15 is 0 Å². The summed E-state index contributed by atoms with van der Waals surface area (Å²) < 4.78 is 0. The van der Waals surface area contributed by atoms with Crippen LogP contribution in [0.1, 0.15) is 50.6 Å². The lowest BCUT2D eigenvalue weighted by molar-refractivity contribution is -0.123. The molecule has 2 N–H and O–H groups in total. The molecule has 1 aromatic carbocycles. The van der Waals surface area contributed by atoms with Crippen molar-refractivity contribution in [2.75, 3.05) is 13.1 Å². The molecule has 3 nitrogen and oxygen atoms in total. The van der Waals surface area contributed by atoms with Crippen LogP contribution in [0.2, 0.25) is 0 Å². The highest BCUT2D eigenvalue weighted by Crippen LogP contribution is 2.20. The Morgan fingerprint density at radius 3 is 2.65 bits per heavy atom. The number of rotatable bonds is 6. The summed E-state index contributed by atoms with van der Waals surface area (Å²) in [6, 6.07) is 10.5. The second-order valence-electron chi connectivity index (χ2n) is 5.72. The third-order valence-corrected chi connectivity index (χ3v) is 4.05. The van der Waals surface area contributed by atoms with Crippen molar-refractivity contribution < 1.29 is 4.79 Å². The topological polar surface area (TPSA) is 41.1 Å². The van der Waals surface area contributed by atoms with Gasteiger partial charge in [0.1, 0.15) is 0 Å². The van der Waals surface area contributed by atoms with E-state index in [-0.39, 0.29) is 11.9 Å². The molecule has 0 aliphatic carbocycles. The van der Waals surface area contributed by atoms with Gasteiger partial charge in [-0.1, -0.05) is 43.7 Å². The zero-order valence-corrected chi connectivity index (χ0v) is 12.4. The van der Waals surface area contributed by atoms with Crippen LogP contribution in [-0.4, -0.2) is 19.0 Å². The van der Waals surface area contributed by atoms with Gasteiger partial charge in [-0.25, -0.2) is 0 Å². The first-order chi connectivity index (χ1) is 9.79. The van der Waals surface area contributed by atoms with Crippen molar-refractivity contribution in [3.8, 4) is 0 Å². The van der Waals surface area contributed by atoms with Crippen LogP contribution in [0.25, 0.3) is 0 Å². The number of hydrogen-bond donors (Lipinski definition) is 2. The Kier molecular flexibility index (Phi) is 6.06. The molecule has 1 saturated heterocycles. The molecule has 0 saturated carbocycles. The maximum absolute atomic E-state index is 12.2. The first kappa shape index (κ1) is 15.0. The number of carbonyl (C=O) groups is 1. The van der Waals surface area contributed by atoms with Crippen LogP contribution < -0.4 is 10.6 Å². The predicted octanol–water partition coefficient (Wildman–Crippen LogP) is 3.03. The fourth-order valence-corrected chi connectivity index (χ4v) is 2.90. The number of benzene rings is 1. The summed E-state index contributed by atoms with van der Waals surface area (Å²) in [5.41, 5.74) is 1.22. The molecule has 1 aliphatic rings. The van der Waals surface area contributed by atoms with E-state index in [1.54, 1.807) is 0 Å². The standard InChI is InChI=1S/C17H26N2O/c1-2-6-16(15-7-4-3-5-8-15)19-17(20)13-14-9-11-18-12-10-14/h3-5,7-8,14,16,18H,2,6,9-13H2,1H3,(H,19,20). The van der Waals surface area contributed by atoms with Gasteiger partial charge in [0.15, 0.2) is 0 Å².